The van der Waals surface area contributed by atoms with Gasteiger partial charge in [-0.25, -0.2) is 4.68 Å². The van der Waals surface area contributed by atoms with Crippen LogP contribution >= 0.6 is 11.8 Å². The molecule has 0 radical (unpaired) electrons. The van der Waals surface area contributed by atoms with Crippen molar-refractivity contribution in [1.29, 1.82) is 0 Å². The molecule has 0 bridgehead atoms. The third-order valence-corrected chi connectivity index (χ3v) is 4.18. The van der Waals surface area contributed by atoms with Crippen LogP contribution in [-0.4, -0.2) is 50.6 Å². The highest BCUT2D eigenvalue weighted by atomic mass is 32.2. The molecule has 18 heavy (non-hydrogen) atoms. The Morgan fingerprint density at radius 2 is 2.33 bits per heavy atom. The van der Waals surface area contributed by atoms with E-state index in [-0.39, 0.29) is 11.2 Å². The maximum atomic E-state index is 11.4. The van der Waals surface area contributed by atoms with Crippen molar-refractivity contribution in [2.24, 2.45) is 0 Å². The number of tetrazole rings is 1. The molecule has 1 saturated carbocycles. The molecule has 2 aliphatic rings. The molecule has 1 aromatic rings. The Labute approximate surface area is 109 Å². The van der Waals surface area contributed by atoms with Crippen molar-refractivity contribution < 1.29 is 9.53 Å². The number of carbonyl (C=O) groups is 1. The fourth-order valence-electron chi connectivity index (χ4n) is 1.79. The van der Waals surface area contributed by atoms with Gasteiger partial charge in [0.1, 0.15) is 5.25 Å². The van der Waals surface area contributed by atoms with Crippen LogP contribution in [0.3, 0.4) is 0 Å². The van der Waals surface area contributed by atoms with E-state index < -0.39 is 0 Å². The van der Waals surface area contributed by atoms with E-state index in [1.54, 1.807) is 4.68 Å². The van der Waals surface area contributed by atoms with E-state index in [4.69, 9.17) is 4.74 Å². The first kappa shape index (κ1) is 11.9. The Morgan fingerprint density at radius 1 is 1.44 bits per heavy atom. The van der Waals surface area contributed by atoms with Crippen molar-refractivity contribution in [3.05, 3.63) is 0 Å². The number of aromatic nitrogens is 4. The number of nitrogens with one attached hydrogen (secondary N) is 1. The molecule has 2 heterocycles. The molecule has 1 aliphatic carbocycles. The quantitative estimate of drug-likeness (QED) is 0.718. The summed E-state index contributed by atoms with van der Waals surface area (Å²) in [4.78, 5) is 11.4. The highest BCUT2D eigenvalue weighted by Crippen LogP contribution is 2.27. The summed E-state index contributed by atoms with van der Waals surface area (Å²) in [5.41, 5.74) is 0. The number of carbonyl (C=O) groups excluding carboxylic acids is 1. The first-order valence-corrected chi connectivity index (χ1v) is 7.04. The van der Waals surface area contributed by atoms with Gasteiger partial charge in [0.15, 0.2) is 0 Å². The van der Waals surface area contributed by atoms with Crippen LogP contribution in [0.5, 0.6) is 0 Å². The van der Waals surface area contributed by atoms with Crippen molar-refractivity contribution in [3.8, 4) is 0 Å². The summed E-state index contributed by atoms with van der Waals surface area (Å²) in [5, 5.41) is 15.5. The Balaban J connectivity index is 1.54. The summed E-state index contributed by atoms with van der Waals surface area (Å²) in [5.74, 6) is -0.161. The van der Waals surface area contributed by atoms with Gasteiger partial charge < -0.3 is 10.1 Å². The lowest BCUT2D eigenvalue weighted by Gasteiger charge is -2.06. The zero-order chi connectivity index (χ0) is 12.4. The van der Waals surface area contributed by atoms with Gasteiger partial charge in [0.2, 0.25) is 5.16 Å². The van der Waals surface area contributed by atoms with Gasteiger partial charge in [-0.05, 0) is 23.3 Å². The summed E-state index contributed by atoms with van der Waals surface area (Å²) in [6, 6.07) is 0.683. The normalized spacial score (nSPS) is 23.3. The van der Waals surface area contributed by atoms with Crippen LogP contribution in [0.25, 0.3) is 0 Å². The van der Waals surface area contributed by atoms with E-state index in [0.29, 0.717) is 17.8 Å². The second-order valence-electron chi connectivity index (χ2n) is 4.48. The number of ether oxygens (including phenoxy) is 1. The molecule has 1 atom stereocenters. The van der Waals surface area contributed by atoms with E-state index in [2.05, 4.69) is 20.8 Å². The maximum Gasteiger partial charge on any atom is 0.319 e. The zero-order valence-electron chi connectivity index (χ0n) is 9.91. The summed E-state index contributed by atoms with van der Waals surface area (Å²) in [7, 11) is 0. The average Bonchev–Trinajstić information content (AvgIpc) is 2.94. The fourth-order valence-corrected chi connectivity index (χ4v) is 2.76. The summed E-state index contributed by atoms with van der Waals surface area (Å²) in [6.07, 6.45) is 3.27. The molecule has 98 valence electrons. The second kappa shape index (κ2) is 5.23. The average molecular weight is 269 g/mol. The van der Waals surface area contributed by atoms with Gasteiger partial charge in [-0.3, -0.25) is 4.79 Å². The van der Waals surface area contributed by atoms with E-state index in [1.807, 2.05) is 0 Å². The van der Waals surface area contributed by atoms with Gasteiger partial charge in [-0.1, -0.05) is 11.8 Å². The zero-order valence-corrected chi connectivity index (χ0v) is 10.7. The number of hydrogen-bond acceptors (Lipinski definition) is 7. The van der Waals surface area contributed by atoms with Crippen molar-refractivity contribution in [2.75, 3.05) is 13.2 Å². The number of rotatable bonds is 6. The monoisotopic (exact) mass is 269 g/mol. The minimum atomic E-state index is -0.161. The number of cyclic esters (lactones) is 1. The van der Waals surface area contributed by atoms with Gasteiger partial charge >= 0.3 is 5.97 Å². The standard InChI is InChI=1S/C10H15N5O2S/c16-9-8(3-6-17-9)18-10-12-13-14-15(10)5-4-11-7-1-2-7/h7-8,11H,1-6H2. The molecular weight excluding hydrogens is 254 g/mol. The summed E-state index contributed by atoms with van der Waals surface area (Å²) >= 11 is 1.39. The lowest BCUT2D eigenvalue weighted by molar-refractivity contribution is -0.137. The topological polar surface area (TPSA) is 81.9 Å². The largest absolute Gasteiger partial charge is 0.465 e. The third-order valence-electron chi connectivity index (χ3n) is 2.97. The van der Waals surface area contributed by atoms with E-state index in [9.17, 15) is 4.79 Å². The lowest BCUT2D eigenvalue weighted by atomic mass is 10.4. The number of esters is 1. The van der Waals surface area contributed by atoms with Gasteiger partial charge in [0.25, 0.3) is 0 Å². The molecule has 1 saturated heterocycles. The predicted molar refractivity (Wildman–Crippen MR) is 64.1 cm³/mol. The van der Waals surface area contributed by atoms with Crippen LogP contribution in [0.1, 0.15) is 19.3 Å². The predicted octanol–water partition coefficient (Wildman–Crippen LogP) is -0.167. The van der Waals surface area contributed by atoms with Crippen LogP contribution < -0.4 is 5.32 Å². The number of nitrogens with zero attached hydrogens (tertiary/aromatic N) is 4. The van der Waals surface area contributed by atoms with Crippen LogP contribution in [0.2, 0.25) is 0 Å². The van der Waals surface area contributed by atoms with Crippen molar-refractivity contribution >= 4 is 17.7 Å². The number of thioether (sulfide) groups is 1. The highest BCUT2D eigenvalue weighted by Gasteiger charge is 2.29. The molecule has 1 unspecified atom stereocenters. The SMILES string of the molecule is O=C1OCCC1Sc1nnnn1CCNC1CC1. The molecule has 0 aromatic carbocycles. The molecule has 1 N–H and O–H groups in total. The van der Waals surface area contributed by atoms with Gasteiger partial charge in [-0.2, -0.15) is 0 Å². The molecule has 1 aromatic heterocycles. The molecule has 7 nitrogen and oxygen atoms in total. The molecular formula is C10H15N5O2S. The Kier molecular flexibility index (Phi) is 3.46. The first-order valence-electron chi connectivity index (χ1n) is 6.16. The molecule has 2 fully saturated rings. The molecule has 1 aliphatic heterocycles. The molecule has 0 spiro atoms. The minimum Gasteiger partial charge on any atom is -0.465 e. The van der Waals surface area contributed by atoms with Crippen molar-refractivity contribution in [3.63, 3.8) is 0 Å². The molecule has 0 amide bonds. The fraction of sp³-hybridized carbons (Fsp3) is 0.800. The van der Waals surface area contributed by atoms with Crippen molar-refractivity contribution in [1.82, 2.24) is 25.5 Å². The summed E-state index contributed by atoms with van der Waals surface area (Å²) < 4.78 is 6.67. The first-order chi connectivity index (χ1) is 8.83. The molecule has 8 heteroatoms. The van der Waals surface area contributed by atoms with E-state index in [0.717, 1.165) is 19.5 Å². The van der Waals surface area contributed by atoms with Crippen molar-refractivity contribution in [2.45, 2.75) is 42.3 Å². The Morgan fingerprint density at radius 3 is 3.06 bits per heavy atom. The van der Waals surface area contributed by atoms with Gasteiger partial charge in [0, 0.05) is 19.0 Å². The molecule has 3 rings (SSSR count). The summed E-state index contributed by atoms with van der Waals surface area (Å²) in [6.45, 7) is 2.09. The highest BCUT2D eigenvalue weighted by molar-refractivity contribution is 8.00. The maximum absolute atomic E-state index is 11.4. The minimum absolute atomic E-state index is 0.161. The Bertz CT molecular complexity index is 434. The van der Waals surface area contributed by atoms with Crippen LogP contribution in [0, 0.1) is 0 Å². The van der Waals surface area contributed by atoms with Crippen LogP contribution in [0.4, 0.5) is 0 Å². The van der Waals surface area contributed by atoms with E-state index >= 15 is 0 Å². The second-order valence-corrected chi connectivity index (χ2v) is 5.65. The van der Waals surface area contributed by atoms with Gasteiger partial charge in [0.05, 0.1) is 13.2 Å². The Hall–Kier alpha value is -1.15. The number of hydrogen-bond donors (Lipinski definition) is 1. The van der Waals surface area contributed by atoms with E-state index in [1.165, 1.54) is 24.6 Å². The van der Waals surface area contributed by atoms with Crippen LogP contribution in [-0.2, 0) is 16.1 Å². The van der Waals surface area contributed by atoms with Crippen LogP contribution in [0.15, 0.2) is 5.16 Å². The van der Waals surface area contributed by atoms with Gasteiger partial charge in [-0.15, -0.1) is 5.10 Å². The smallest absolute Gasteiger partial charge is 0.319 e. The lowest BCUT2D eigenvalue weighted by Crippen LogP contribution is -2.23. The third kappa shape index (κ3) is 2.81.